The van der Waals surface area contributed by atoms with Gasteiger partial charge in [0.2, 0.25) is 0 Å². The maximum absolute atomic E-state index is 10.7. The molecule has 1 saturated heterocycles. The Labute approximate surface area is 98.0 Å². The number of rotatable bonds is 4. The molecule has 1 atom stereocenters. The fraction of sp³-hybridized carbons (Fsp3) is 0.455. The zero-order valence-corrected chi connectivity index (χ0v) is 9.57. The van der Waals surface area contributed by atoms with Crippen molar-refractivity contribution in [2.75, 3.05) is 12.4 Å². The van der Waals surface area contributed by atoms with E-state index in [4.69, 9.17) is 9.84 Å². The lowest BCUT2D eigenvalue weighted by Crippen LogP contribution is -2.08. The van der Waals surface area contributed by atoms with Crippen LogP contribution in [0.15, 0.2) is 23.2 Å². The van der Waals surface area contributed by atoms with Gasteiger partial charge in [0.05, 0.1) is 11.1 Å². The van der Waals surface area contributed by atoms with Crippen LogP contribution in [0.5, 0.6) is 0 Å². The summed E-state index contributed by atoms with van der Waals surface area (Å²) in [5.41, 5.74) is 0.0948. The van der Waals surface area contributed by atoms with Crippen molar-refractivity contribution >= 4 is 17.7 Å². The topological polar surface area (TPSA) is 59.4 Å². The van der Waals surface area contributed by atoms with Crippen molar-refractivity contribution in [1.29, 1.82) is 0 Å². The van der Waals surface area contributed by atoms with Crippen LogP contribution in [-0.4, -0.2) is 34.5 Å². The minimum atomic E-state index is -0.987. The molecule has 1 fully saturated rings. The molecule has 0 bridgehead atoms. The average Bonchev–Trinajstić information content (AvgIpc) is 2.79. The molecule has 0 amide bonds. The largest absolute Gasteiger partial charge is 0.477 e. The van der Waals surface area contributed by atoms with Crippen molar-refractivity contribution in [1.82, 2.24) is 4.98 Å². The Kier molecular flexibility index (Phi) is 3.79. The molecular formula is C11H13NO3S. The van der Waals surface area contributed by atoms with Gasteiger partial charge in [-0.25, -0.2) is 9.78 Å². The van der Waals surface area contributed by atoms with Crippen molar-refractivity contribution in [3.05, 3.63) is 23.9 Å². The molecular weight excluding hydrogens is 226 g/mol. The van der Waals surface area contributed by atoms with Crippen LogP contribution in [0.4, 0.5) is 0 Å². The molecule has 1 aromatic heterocycles. The van der Waals surface area contributed by atoms with Gasteiger partial charge < -0.3 is 9.84 Å². The first-order chi connectivity index (χ1) is 7.75. The smallest absolute Gasteiger partial charge is 0.354 e. The molecule has 0 saturated carbocycles. The van der Waals surface area contributed by atoms with Crippen molar-refractivity contribution in [2.45, 2.75) is 24.0 Å². The third-order valence-electron chi connectivity index (χ3n) is 2.38. The predicted octanol–water partition coefficient (Wildman–Crippen LogP) is 2.05. The van der Waals surface area contributed by atoms with Gasteiger partial charge in [0.1, 0.15) is 5.69 Å². The van der Waals surface area contributed by atoms with Gasteiger partial charge in [0.15, 0.2) is 0 Å². The van der Waals surface area contributed by atoms with Crippen LogP contribution < -0.4 is 0 Å². The Bertz CT molecular complexity index is 377. The number of hydrogen-bond donors (Lipinski definition) is 1. The lowest BCUT2D eigenvalue weighted by Gasteiger charge is -2.07. The zero-order valence-electron chi connectivity index (χ0n) is 8.76. The Morgan fingerprint density at radius 3 is 3.19 bits per heavy atom. The lowest BCUT2D eigenvalue weighted by atomic mass is 10.3. The summed E-state index contributed by atoms with van der Waals surface area (Å²) in [7, 11) is 0. The number of aromatic nitrogens is 1. The van der Waals surface area contributed by atoms with E-state index in [2.05, 4.69) is 4.98 Å². The Morgan fingerprint density at radius 1 is 1.62 bits per heavy atom. The maximum atomic E-state index is 10.7. The highest BCUT2D eigenvalue weighted by Crippen LogP contribution is 2.22. The van der Waals surface area contributed by atoms with Gasteiger partial charge in [-0.3, -0.25) is 0 Å². The molecule has 0 spiro atoms. The van der Waals surface area contributed by atoms with Gasteiger partial charge in [0, 0.05) is 12.4 Å². The number of thioether (sulfide) groups is 1. The molecule has 2 rings (SSSR count). The first kappa shape index (κ1) is 11.4. The molecule has 1 aromatic rings. The summed E-state index contributed by atoms with van der Waals surface area (Å²) < 4.78 is 5.49. The van der Waals surface area contributed by atoms with Crippen LogP contribution >= 0.6 is 11.8 Å². The third-order valence-corrected chi connectivity index (χ3v) is 3.45. The van der Waals surface area contributed by atoms with E-state index >= 15 is 0 Å². The third kappa shape index (κ3) is 2.96. The standard InChI is InChI=1S/C11H13NO3S/c13-11(14)9-4-1-5-10(12-9)16-7-8-3-2-6-15-8/h1,4-5,8H,2-3,6-7H2,(H,13,14). The van der Waals surface area contributed by atoms with Crippen LogP contribution in [0, 0.1) is 0 Å². The van der Waals surface area contributed by atoms with Gasteiger partial charge in [0.25, 0.3) is 0 Å². The first-order valence-electron chi connectivity index (χ1n) is 5.20. The molecule has 2 heterocycles. The summed E-state index contributed by atoms with van der Waals surface area (Å²) >= 11 is 1.55. The maximum Gasteiger partial charge on any atom is 0.354 e. The first-order valence-corrected chi connectivity index (χ1v) is 6.19. The number of carboxylic acids is 1. The van der Waals surface area contributed by atoms with E-state index in [1.54, 1.807) is 17.8 Å². The number of pyridine rings is 1. The molecule has 0 aliphatic carbocycles. The van der Waals surface area contributed by atoms with Crippen LogP contribution in [-0.2, 0) is 4.74 Å². The fourth-order valence-electron chi connectivity index (χ4n) is 1.57. The van der Waals surface area contributed by atoms with Gasteiger partial charge >= 0.3 is 5.97 Å². The normalized spacial score (nSPS) is 19.9. The number of nitrogens with zero attached hydrogens (tertiary/aromatic N) is 1. The highest BCUT2D eigenvalue weighted by atomic mass is 32.2. The van der Waals surface area contributed by atoms with Crippen LogP contribution in [0.3, 0.4) is 0 Å². The van der Waals surface area contributed by atoms with E-state index in [-0.39, 0.29) is 5.69 Å². The highest BCUT2D eigenvalue weighted by molar-refractivity contribution is 7.99. The summed E-state index contributed by atoms with van der Waals surface area (Å²) in [6.07, 6.45) is 2.50. The second-order valence-electron chi connectivity index (χ2n) is 3.61. The van der Waals surface area contributed by atoms with E-state index in [1.165, 1.54) is 6.07 Å². The number of carbonyl (C=O) groups is 1. The molecule has 1 aliphatic heterocycles. The zero-order chi connectivity index (χ0) is 11.4. The second kappa shape index (κ2) is 5.32. The minimum Gasteiger partial charge on any atom is -0.477 e. The van der Waals surface area contributed by atoms with E-state index in [0.717, 1.165) is 30.2 Å². The number of hydrogen-bond acceptors (Lipinski definition) is 4. The molecule has 0 radical (unpaired) electrons. The Hall–Kier alpha value is -1.07. The lowest BCUT2D eigenvalue weighted by molar-refractivity contribution is 0.0689. The van der Waals surface area contributed by atoms with Gasteiger partial charge in [-0.15, -0.1) is 11.8 Å². The van der Waals surface area contributed by atoms with Crippen molar-refractivity contribution in [2.24, 2.45) is 0 Å². The summed E-state index contributed by atoms with van der Waals surface area (Å²) in [5.74, 6) is -0.143. The predicted molar refractivity (Wildman–Crippen MR) is 60.9 cm³/mol. The highest BCUT2D eigenvalue weighted by Gasteiger charge is 2.16. The molecule has 1 N–H and O–H groups in total. The van der Waals surface area contributed by atoms with Crippen LogP contribution in [0.2, 0.25) is 0 Å². The van der Waals surface area contributed by atoms with Crippen molar-refractivity contribution in [3.63, 3.8) is 0 Å². The van der Waals surface area contributed by atoms with Gasteiger partial charge in [-0.2, -0.15) is 0 Å². The molecule has 16 heavy (non-hydrogen) atoms. The van der Waals surface area contributed by atoms with E-state index in [9.17, 15) is 4.79 Å². The quantitative estimate of drug-likeness (QED) is 0.815. The monoisotopic (exact) mass is 239 g/mol. The van der Waals surface area contributed by atoms with E-state index < -0.39 is 5.97 Å². The number of carboxylic acid groups (broad SMARTS) is 1. The fourth-order valence-corrected chi connectivity index (χ4v) is 2.53. The Morgan fingerprint density at radius 2 is 2.50 bits per heavy atom. The SMILES string of the molecule is O=C(O)c1cccc(SCC2CCCO2)n1. The van der Waals surface area contributed by atoms with Gasteiger partial charge in [-0.1, -0.05) is 6.07 Å². The number of aromatic carboxylic acids is 1. The van der Waals surface area contributed by atoms with Crippen LogP contribution in [0.25, 0.3) is 0 Å². The van der Waals surface area contributed by atoms with Crippen molar-refractivity contribution in [3.8, 4) is 0 Å². The minimum absolute atomic E-state index is 0.0948. The summed E-state index contributed by atoms with van der Waals surface area (Å²) in [5, 5.41) is 9.54. The number of ether oxygens (including phenoxy) is 1. The average molecular weight is 239 g/mol. The Balaban J connectivity index is 1.93. The molecule has 5 heteroatoms. The molecule has 4 nitrogen and oxygen atoms in total. The molecule has 86 valence electrons. The molecule has 1 aliphatic rings. The summed E-state index contributed by atoms with van der Waals surface area (Å²) in [6.45, 7) is 0.841. The van der Waals surface area contributed by atoms with E-state index in [0.29, 0.717) is 6.10 Å². The van der Waals surface area contributed by atoms with Gasteiger partial charge in [-0.05, 0) is 25.0 Å². The second-order valence-corrected chi connectivity index (χ2v) is 4.65. The molecule has 1 unspecified atom stereocenters. The summed E-state index contributed by atoms with van der Waals surface area (Å²) in [6, 6.07) is 5.04. The van der Waals surface area contributed by atoms with Crippen LogP contribution in [0.1, 0.15) is 23.3 Å². The van der Waals surface area contributed by atoms with Crippen molar-refractivity contribution < 1.29 is 14.6 Å². The van der Waals surface area contributed by atoms with E-state index in [1.807, 2.05) is 6.07 Å². The molecule has 0 aromatic carbocycles. The summed E-state index contributed by atoms with van der Waals surface area (Å²) in [4.78, 5) is 14.8.